The van der Waals surface area contributed by atoms with Gasteiger partial charge in [0.25, 0.3) is 5.91 Å². The second-order valence-electron chi connectivity index (χ2n) is 8.48. The number of nitrogens with zero attached hydrogens (tertiary/aromatic N) is 4. The Hall–Kier alpha value is -3.42. The molecule has 1 aromatic carbocycles. The summed E-state index contributed by atoms with van der Waals surface area (Å²) in [7, 11) is 0. The first-order valence-corrected chi connectivity index (χ1v) is 10.7. The molecule has 3 heterocycles. The molecule has 31 heavy (non-hydrogen) atoms. The molecule has 0 aromatic heterocycles. The Bertz CT molecular complexity index is 1060. The van der Waals surface area contributed by atoms with E-state index in [1.54, 1.807) is 6.34 Å². The highest BCUT2D eigenvalue weighted by Crippen LogP contribution is 2.32. The van der Waals surface area contributed by atoms with Crippen molar-refractivity contribution in [2.45, 2.75) is 32.7 Å². The number of nitrogens with one attached hydrogen (secondary N) is 2. The molecule has 5 rings (SSSR count). The predicted octanol–water partition coefficient (Wildman–Crippen LogP) is 2.07. The fraction of sp³-hybridized carbons (Fsp3) is 0.391. The molecule has 2 amide bonds. The van der Waals surface area contributed by atoms with Crippen LogP contribution in [-0.4, -0.2) is 59.6 Å². The summed E-state index contributed by atoms with van der Waals surface area (Å²) < 4.78 is 0. The Labute approximate surface area is 181 Å². The highest BCUT2D eigenvalue weighted by atomic mass is 16.2. The second kappa shape index (κ2) is 7.68. The van der Waals surface area contributed by atoms with Crippen molar-refractivity contribution in [3.63, 3.8) is 0 Å². The highest BCUT2D eigenvalue weighted by molar-refractivity contribution is 6.07. The zero-order valence-corrected chi connectivity index (χ0v) is 17.8. The summed E-state index contributed by atoms with van der Waals surface area (Å²) in [5.74, 6) is 0.376. The van der Waals surface area contributed by atoms with Gasteiger partial charge < -0.3 is 10.2 Å². The van der Waals surface area contributed by atoms with Gasteiger partial charge in [0.2, 0.25) is 5.91 Å². The molecule has 1 aromatic rings. The normalized spacial score (nSPS) is 23.4. The minimum absolute atomic E-state index is 0.0689. The van der Waals surface area contributed by atoms with Crippen molar-refractivity contribution in [3.05, 3.63) is 52.7 Å². The van der Waals surface area contributed by atoms with Gasteiger partial charge in [-0.3, -0.25) is 20.0 Å². The van der Waals surface area contributed by atoms with E-state index in [1.165, 1.54) is 0 Å². The number of amidine groups is 1. The molecule has 0 radical (unpaired) electrons. The summed E-state index contributed by atoms with van der Waals surface area (Å²) in [6, 6.07) is 5.85. The third-order valence-electron chi connectivity index (χ3n) is 6.18. The first kappa shape index (κ1) is 19.5. The maximum atomic E-state index is 13.0. The predicted molar refractivity (Wildman–Crippen MR) is 119 cm³/mol. The molecule has 8 heteroatoms. The number of carbonyl (C=O) groups is 2. The zero-order valence-electron chi connectivity index (χ0n) is 17.8. The van der Waals surface area contributed by atoms with Gasteiger partial charge in [0.05, 0.1) is 18.2 Å². The molecule has 8 nitrogen and oxygen atoms in total. The Morgan fingerprint density at radius 3 is 2.71 bits per heavy atom. The minimum Gasteiger partial charge on any atom is -0.349 e. The van der Waals surface area contributed by atoms with Crippen LogP contribution in [0, 0.1) is 12.8 Å². The number of fused-ring (bicyclic) bond motifs is 1. The van der Waals surface area contributed by atoms with Gasteiger partial charge in [-0.2, -0.15) is 0 Å². The van der Waals surface area contributed by atoms with Gasteiger partial charge in [-0.05, 0) is 50.0 Å². The number of aryl methyl sites for hydroxylation is 1. The van der Waals surface area contributed by atoms with Crippen molar-refractivity contribution in [3.8, 4) is 0 Å². The van der Waals surface area contributed by atoms with E-state index in [0.717, 1.165) is 29.7 Å². The molecule has 1 atom stereocenters. The maximum Gasteiger partial charge on any atom is 0.251 e. The van der Waals surface area contributed by atoms with Crippen LogP contribution >= 0.6 is 0 Å². The Morgan fingerprint density at radius 1 is 1.19 bits per heavy atom. The van der Waals surface area contributed by atoms with Crippen LogP contribution in [0.2, 0.25) is 0 Å². The van der Waals surface area contributed by atoms with Crippen LogP contribution in [0.25, 0.3) is 0 Å². The summed E-state index contributed by atoms with van der Waals surface area (Å²) in [5, 5.41) is 4.95. The van der Waals surface area contributed by atoms with E-state index in [9.17, 15) is 9.59 Å². The maximum absolute atomic E-state index is 13.0. The smallest absolute Gasteiger partial charge is 0.251 e. The molecule has 160 valence electrons. The van der Waals surface area contributed by atoms with Crippen molar-refractivity contribution < 1.29 is 9.59 Å². The molecule has 1 fully saturated rings. The summed E-state index contributed by atoms with van der Waals surface area (Å²) in [6.45, 7) is 5.82. The number of hydrogen-bond acceptors (Lipinski definition) is 5. The van der Waals surface area contributed by atoms with Gasteiger partial charge in [-0.15, -0.1) is 0 Å². The number of amides is 2. The monoisotopic (exact) mass is 418 g/mol. The molecular formula is C23H26N6O2. The van der Waals surface area contributed by atoms with Gasteiger partial charge in [0.15, 0.2) is 5.84 Å². The number of benzene rings is 1. The molecule has 4 aliphatic rings. The Kier molecular flexibility index (Phi) is 4.84. The first-order valence-electron chi connectivity index (χ1n) is 10.7. The number of rotatable bonds is 4. The Balaban J connectivity index is 1.45. The van der Waals surface area contributed by atoms with Gasteiger partial charge in [0.1, 0.15) is 12.0 Å². The van der Waals surface area contributed by atoms with Crippen LogP contribution < -0.4 is 10.7 Å². The summed E-state index contributed by atoms with van der Waals surface area (Å²) in [5.41, 5.74) is 7.18. The van der Waals surface area contributed by atoms with E-state index in [2.05, 4.69) is 15.7 Å². The third kappa shape index (κ3) is 3.73. The fourth-order valence-electron chi connectivity index (χ4n) is 4.13. The lowest BCUT2D eigenvalue weighted by atomic mass is 10.0. The van der Waals surface area contributed by atoms with E-state index in [1.807, 2.05) is 54.1 Å². The molecule has 0 spiro atoms. The lowest BCUT2D eigenvalue weighted by molar-refractivity contribution is -0.133. The van der Waals surface area contributed by atoms with E-state index in [-0.39, 0.29) is 17.7 Å². The average Bonchev–Trinajstić information content (AvgIpc) is 3.27. The molecule has 3 aliphatic heterocycles. The van der Waals surface area contributed by atoms with Crippen LogP contribution in [0.5, 0.6) is 0 Å². The summed E-state index contributed by atoms with van der Waals surface area (Å²) >= 11 is 0. The van der Waals surface area contributed by atoms with Gasteiger partial charge in [-0.25, -0.2) is 9.98 Å². The number of carbonyl (C=O) groups excluding carboxylic acids is 2. The SMILES string of the molecule is CC1=C2C(=Nc3cc(C(=O)NC4CC4)ccc3C)N=CNN2CC1C(=O)N1CC=CC1. The number of hydrazine groups is 1. The summed E-state index contributed by atoms with van der Waals surface area (Å²) in [6.07, 6.45) is 7.73. The first-order chi connectivity index (χ1) is 15.0. The molecule has 1 unspecified atom stereocenters. The number of hydrogen-bond donors (Lipinski definition) is 2. The third-order valence-corrected chi connectivity index (χ3v) is 6.18. The second-order valence-corrected chi connectivity index (χ2v) is 8.48. The van der Waals surface area contributed by atoms with Gasteiger partial charge >= 0.3 is 0 Å². The molecule has 2 N–H and O–H groups in total. The molecule has 1 saturated carbocycles. The van der Waals surface area contributed by atoms with Crippen molar-refractivity contribution in [1.82, 2.24) is 20.7 Å². The largest absolute Gasteiger partial charge is 0.349 e. The lowest BCUT2D eigenvalue weighted by Crippen LogP contribution is -2.43. The van der Waals surface area contributed by atoms with Crippen LogP contribution in [-0.2, 0) is 4.79 Å². The Morgan fingerprint density at radius 2 is 1.97 bits per heavy atom. The van der Waals surface area contributed by atoms with Gasteiger partial charge in [0, 0.05) is 24.7 Å². The molecular weight excluding hydrogens is 392 g/mol. The average molecular weight is 419 g/mol. The molecule has 0 bridgehead atoms. The van der Waals surface area contributed by atoms with Crippen LogP contribution in [0.15, 0.2) is 51.6 Å². The van der Waals surface area contributed by atoms with E-state index in [0.29, 0.717) is 42.8 Å². The topological polar surface area (TPSA) is 89.4 Å². The van der Waals surface area contributed by atoms with E-state index < -0.39 is 0 Å². The fourth-order valence-corrected chi connectivity index (χ4v) is 4.13. The van der Waals surface area contributed by atoms with E-state index in [4.69, 9.17) is 4.99 Å². The van der Waals surface area contributed by atoms with Gasteiger partial charge in [-0.1, -0.05) is 18.2 Å². The van der Waals surface area contributed by atoms with Crippen molar-refractivity contribution in [2.75, 3.05) is 19.6 Å². The van der Waals surface area contributed by atoms with Crippen molar-refractivity contribution >= 4 is 29.7 Å². The van der Waals surface area contributed by atoms with E-state index >= 15 is 0 Å². The van der Waals surface area contributed by atoms with Crippen LogP contribution in [0.4, 0.5) is 5.69 Å². The highest BCUT2D eigenvalue weighted by Gasteiger charge is 2.39. The van der Waals surface area contributed by atoms with Crippen LogP contribution in [0.3, 0.4) is 0 Å². The lowest BCUT2D eigenvalue weighted by Gasteiger charge is -2.26. The standard InChI is InChI=1S/C23H26N6O2/c1-14-5-6-16(22(30)26-17-7-8-17)11-19(14)27-21-20-15(2)18(12-29(20)25-13-24-21)23(31)28-9-3-4-10-28/h3-6,11,13,17-18H,7-10,12H2,1-2H3,(H,26,30)(H,24,25,27). The summed E-state index contributed by atoms with van der Waals surface area (Å²) in [4.78, 5) is 36.6. The van der Waals surface area contributed by atoms with Crippen molar-refractivity contribution in [1.29, 1.82) is 0 Å². The van der Waals surface area contributed by atoms with Crippen molar-refractivity contribution in [2.24, 2.45) is 15.9 Å². The minimum atomic E-state index is -0.231. The number of aliphatic imine (C=N–C) groups is 2. The zero-order chi connectivity index (χ0) is 21.5. The molecule has 1 aliphatic carbocycles. The quantitative estimate of drug-likeness (QED) is 0.733. The molecule has 0 saturated heterocycles. The van der Waals surface area contributed by atoms with Crippen LogP contribution in [0.1, 0.15) is 35.7 Å².